The third-order valence-corrected chi connectivity index (χ3v) is 3.73. The summed E-state index contributed by atoms with van der Waals surface area (Å²) in [5.41, 5.74) is -0.0278. The number of carbonyl (C=O) groups excluding carboxylic acids is 1. The third kappa shape index (κ3) is 0.788. The van der Waals surface area contributed by atoms with Gasteiger partial charge < -0.3 is 5.32 Å². The van der Waals surface area contributed by atoms with Crippen molar-refractivity contribution >= 4 is 5.91 Å². The van der Waals surface area contributed by atoms with Gasteiger partial charge in [0.25, 0.3) is 0 Å². The molecule has 3 aliphatic rings. The van der Waals surface area contributed by atoms with Crippen molar-refractivity contribution in [1.82, 2.24) is 5.32 Å². The highest BCUT2D eigenvalue weighted by Crippen LogP contribution is 2.48. The maximum atomic E-state index is 11.8. The van der Waals surface area contributed by atoms with Gasteiger partial charge >= 0.3 is 0 Å². The monoisotopic (exact) mass is 187 g/mol. The quantitative estimate of drug-likeness (QED) is 0.571. The van der Waals surface area contributed by atoms with Crippen molar-refractivity contribution in [3.05, 3.63) is 36.5 Å². The lowest BCUT2D eigenvalue weighted by atomic mass is 9.66. The number of carbonyl (C=O) groups is 1. The molecule has 14 heavy (non-hydrogen) atoms. The second kappa shape index (κ2) is 2.38. The molecular weight excluding hydrogens is 174 g/mol. The van der Waals surface area contributed by atoms with E-state index in [0.29, 0.717) is 0 Å². The van der Waals surface area contributed by atoms with E-state index in [0.717, 1.165) is 0 Å². The molecule has 2 aliphatic carbocycles. The summed E-state index contributed by atoms with van der Waals surface area (Å²) in [5, 5.41) is 3.04. The summed E-state index contributed by atoms with van der Waals surface area (Å²) < 4.78 is 0. The van der Waals surface area contributed by atoms with Gasteiger partial charge in [-0.2, -0.15) is 0 Å². The van der Waals surface area contributed by atoms with Crippen molar-refractivity contribution in [2.75, 3.05) is 0 Å². The molecule has 2 nitrogen and oxygen atoms in total. The molecule has 0 spiro atoms. The summed E-state index contributed by atoms with van der Waals surface area (Å²) in [4.78, 5) is 11.8. The van der Waals surface area contributed by atoms with Gasteiger partial charge in [0.1, 0.15) is 0 Å². The van der Waals surface area contributed by atoms with Crippen LogP contribution in [0.2, 0.25) is 0 Å². The van der Waals surface area contributed by atoms with Crippen LogP contribution >= 0.6 is 0 Å². The first-order valence-electron chi connectivity index (χ1n) is 5.06. The zero-order chi connectivity index (χ0) is 9.76. The van der Waals surface area contributed by atoms with E-state index in [4.69, 9.17) is 0 Å². The first-order chi connectivity index (χ1) is 6.72. The molecule has 0 aromatic rings. The lowest BCUT2D eigenvalue weighted by Crippen LogP contribution is -2.38. The molecule has 4 atom stereocenters. The van der Waals surface area contributed by atoms with Crippen LogP contribution in [0, 0.1) is 17.3 Å². The molecule has 0 aromatic heterocycles. The number of amides is 1. The predicted molar refractivity (Wildman–Crippen MR) is 54.4 cm³/mol. The minimum Gasteiger partial charge on any atom is -0.349 e. The molecule has 1 N–H and O–H groups in total. The zero-order valence-electron chi connectivity index (χ0n) is 8.10. The van der Waals surface area contributed by atoms with Crippen LogP contribution in [0.15, 0.2) is 36.5 Å². The fourth-order valence-corrected chi connectivity index (χ4v) is 2.91. The van der Waals surface area contributed by atoms with Crippen LogP contribution in [0.3, 0.4) is 0 Å². The van der Waals surface area contributed by atoms with Gasteiger partial charge in [0.2, 0.25) is 5.91 Å². The van der Waals surface area contributed by atoms with Gasteiger partial charge in [0.15, 0.2) is 0 Å². The lowest BCUT2D eigenvalue weighted by molar-refractivity contribution is -0.124. The number of nitrogens with one attached hydrogen (secondary N) is 1. The number of hydrogen-bond acceptors (Lipinski definition) is 1. The number of allylic oxidation sites excluding steroid dienone is 4. The van der Waals surface area contributed by atoms with Gasteiger partial charge in [-0.3, -0.25) is 4.79 Å². The van der Waals surface area contributed by atoms with Crippen LogP contribution in [0.5, 0.6) is 0 Å². The van der Waals surface area contributed by atoms with Crippen LogP contribution in [-0.2, 0) is 4.79 Å². The summed E-state index contributed by atoms with van der Waals surface area (Å²) >= 11 is 0. The van der Waals surface area contributed by atoms with Crippen LogP contribution in [0.1, 0.15) is 6.92 Å². The Morgan fingerprint density at radius 3 is 3.00 bits per heavy atom. The molecule has 1 heterocycles. The van der Waals surface area contributed by atoms with E-state index >= 15 is 0 Å². The molecule has 1 saturated heterocycles. The van der Waals surface area contributed by atoms with Crippen LogP contribution in [-0.4, -0.2) is 11.9 Å². The van der Waals surface area contributed by atoms with Crippen LogP contribution < -0.4 is 5.32 Å². The maximum Gasteiger partial charge on any atom is 0.225 e. The second-order valence-electron chi connectivity index (χ2n) is 4.54. The van der Waals surface area contributed by atoms with Crippen molar-refractivity contribution in [1.29, 1.82) is 0 Å². The van der Waals surface area contributed by atoms with Gasteiger partial charge in [0, 0.05) is 11.3 Å². The highest BCUT2D eigenvalue weighted by Gasteiger charge is 2.53. The normalized spacial score (nSPS) is 47.8. The molecule has 3 rings (SSSR count). The highest BCUT2D eigenvalue weighted by molar-refractivity contribution is 5.85. The smallest absolute Gasteiger partial charge is 0.225 e. The Morgan fingerprint density at radius 2 is 2.14 bits per heavy atom. The standard InChI is InChI=1S/C12H13NO/c1-12-7-3-2-4-8-5-6-9(12)13-11(14)10(8)12/h2-10H,1H3,(H,13,14)/t8-,9+,10+,12+/m0/s1. The summed E-state index contributed by atoms with van der Waals surface area (Å²) in [7, 11) is 0. The predicted octanol–water partition coefficient (Wildman–Crippen LogP) is 1.42. The van der Waals surface area contributed by atoms with Gasteiger partial charge in [0.05, 0.1) is 12.0 Å². The van der Waals surface area contributed by atoms with E-state index in [1.165, 1.54) is 0 Å². The molecule has 2 heteroatoms. The van der Waals surface area contributed by atoms with Crippen molar-refractivity contribution in [3.8, 4) is 0 Å². The Morgan fingerprint density at radius 1 is 1.29 bits per heavy atom. The van der Waals surface area contributed by atoms with E-state index < -0.39 is 0 Å². The first kappa shape index (κ1) is 8.04. The Bertz CT molecular complexity index is 380. The van der Waals surface area contributed by atoms with E-state index in [9.17, 15) is 4.79 Å². The molecule has 72 valence electrons. The summed E-state index contributed by atoms with van der Waals surface area (Å²) in [6, 6.07) is 0.187. The molecule has 1 aliphatic heterocycles. The largest absolute Gasteiger partial charge is 0.349 e. The minimum absolute atomic E-state index is 0.0278. The van der Waals surface area contributed by atoms with E-state index in [1.807, 2.05) is 6.08 Å². The molecule has 4 bridgehead atoms. The average Bonchev–Trinajstić information content (AvgIpc) is 2.31. The Balaban J connectivity index is 2.21. The Hall–Kier alpha value is -1.31. The fourth-order valence-electron chi connectivity index (χ4n) is 2.91. The van der Waals surface area contributed by atoms with Gasteiger partial charge in [-0.1, -0.05) is 43.4 Å². The minimum atomic E-state index is -0.0278. The Kier molecular flexibility index (Phi) is 1.37. The van der Waals surface area contributed by atoms with Gasteiger partial charge in [-0.25, -0.2) is 0 Å². The molecular formula is C12H13NO. The zero-order valence-corrected chi connectivity index (χ0v) is 8.10. The lowest BCUT2D eigenvalue weighted by Gasteiger charge is -2.35. The maximum absolute atomic E-state index is 11.8. The summed E-state index contributed by atoms with van der Waals surface area (Å²) in [6.45, 7) is 2.17. The summed E-state index contributed by atoms with van der Waals surface area (Å²) in [5.74, 6) is 0.560. The van der Waals surface area contributed by atoms with Crippen molar-refractivity contribution < 1.29 is 4.79 Å². The highest BCUT2D eigenvalue weighted by atomic mass is 16.2. The fraction of sp³-hybridized carbons (Fsp3) is 0.417. The summed E-state index contributed by atoms with van der Waals surface area (Å²) in [6.07, 6.45) is 12.7. The average molecular weight is 187 g/mol. The van der Waals surface area contributed by atoms with E-state index in [-0.39, 0.29) is 29.2 Å². The van der Waals surface area contributed by atoms with E-state index in [2.05, 4.69) is 42.6 Å². The SMILES string of the molecule is C[C@@]12C=CC=C[C@H]3C=C[C@H]1NC(=O)[C@@H]32. The first-order valence-corrected chi connectivity index (χ1v) is 5.06. The van der Waals surface area contributed by atoms with Crippen molar-refractivity contribution in [2.45, 2.75) is 13.0 Å². The molecule has 0 unspecified atom stereocenters. The van der Waals surface area contributed by atoms with Crippen LogP contribution in [0.4, 0.5) is 0 Å². The Labute approximate surface area is 83.4 Å². The number of hydrogen-bond donors (Lipinski definition) is 1. The van der Waals surface area contributed by atoms with E-state index in [1.54, 1.807) is 0 Å². The molecule has 0 saturated carbocycles. The van der Waals surface area contributed by atoms with Gasteiger partial charge in [-0.05, 0) is 0 Å². The van der Waals surface area contributed by atoms with Crippen LogP contribution in [0.25, 0.3) is 0 Å². The van der Waals surface area contributed by atoms with Crippen molar-refractivity contribution in [2.24, 2.45) is 17.3 Å². The molecule has 1 amide bonds. The third-order valence-electron chi connectivity index (χ3n) is 3.73. The second-order valence-corrected chi connectivity index (χ2v) is 4.54. The number of rotatable bonds is 0. The molecule has 1 fully saturated rings. The molecule has 0 radical (unpaired) electrons. The molecule has 0 aromatic carbocycles. The van der Waals surface area contributed by atoms with Crippen molar-refractivity contribution in [3.63, 3.8) is 0 Å². The topological polar surface area (TPSA) is 29.1 Å². The van der Waals surface area contributed by atoms with Gasteiger partial charge in [-0.15, -0.1) is 0 Å².